The molecule has 0 radical (unpaired) electrons. The molecule has 1 aromatic heterocycles. The number of benzene rings is 2. The van der Waals surface area contributed by atoms with Crippen molar-refractivity contribution in [3.05, 3.63) is 53.5 Å². The van der Waals surface area contributed by atoms with Crippen LogP contribution in [0.25, 0.3) is 11.0 Å². The van der Waals surface area contributed by atoms with Crippen LogP contribution in [0.2, 0.25) is 0 Å². The van der Waals surface area contributed by atoms with Crippen LogP contribution in [0.15, 0.2) is 40.9 Å². The molecule has 0 aliphatic carbocycles. The van der Waals surface area contributed by atoms with Gasteiger partial charge in [0, 0.05) is 41.6 Å². The number of Topliss-reactive ketones (excluding diaryl/α,β-unsaturated/α-hetero) is 1. The number of ether oxygens (including phenoxy) is 2. The van der Waals surface area contributed by atoms with E-state index in [0.29, 0.717) is 47.3 Å². The zero-order valence-corrected chi connectivity index (χ0v) is 18.3. The quantitative estimate of drug-likeness (QED) is 0.486. The van der Waals surface area contributed by atoms with Gasteiger partial charge in [0.15, 0.2) is 22.9 Å². The number of hydrogen-bond donors (Lipinski definition) is 0. The Balaban J connectivity index is 1.23. The fraction of sp³-hybridized carbons (Fsp3) is 0.440. The van der Waals surface area contributed by atoms with E-state index in [2.05, 4.69) is 10.1 Å². The molecule has 2 saturated heterocycles. The van der Waals surface area contributed by atoms with Crippen molar-refractivity contribution in [2.75, 3.05) is 20.3 Å². The number of carbonyl (C=O) groups is 1. The molecule has 0 saturated carbocycles. The van der Waals surface area contributed by atoms with Crippen LogP contribution in [-0.4, -0.2) is 48.2 Å². The summed E-state index contributed by atoms with van der Waals surface area (Å²) in [5.74, 6) is 1.26. The Hall–Kier alpha value is -2.93. The number of methoxy groups -OCH3 is 1. The van der Waals surface area contributed by atoms with Crippen molar-refractivity contribution in [3.63, 3.8) is 0 Å². The Labute approximate surface area is 186 Å². The van der Waals surface area contributed by atoms with Gasteiger partial charge in [-0.1, -0.05) is 5.16 Å². The largest absolute Gasteiger partial charge is 0.493 e. The number of ketones is 1. The minimum Gasteiger partial charge on any atom is -0.493 e. The lowest BCUT2D eigenvalue weighted by molar-refractivity contribution is 0.101. The number of carbonyl (C=O) groups excluding carboxylic acids is 1. The van der Waals surface area contributed by atoms with E-state index in [0.717, 1.165) is 30.5 Å². The number of hydrogen-bond acceptors (Lipinski definition) is 6. The highest BCUT2D eigenvalue weighted by atomic mass is 19.1. The average Bonchev–Trinajstić information content (AvgIpc) is 3.30. The van der Waals surface area contributed by atoms with Gasteiger partial charge in [-0.15, -0.1) is 0 Å². The fourth-order valence-electron chi connectivity index (χ4n) is 5.35. The van der Waals surface area contributed by atoms with Gasteiger partial charge in [0.25, 0.3) is 0 Å². The molecule has 2 unspecified atom stereocenters. The Bertz CT molecular complexity index is 1130. The highest BCUT2D eigenvalue weighted by Crippen LogP contribution is 2.44. The van der Waals surface area contributed by atoms with E-state index in [1.165, 1.54) is 31.9 Å². The van der Waals surface area contributed by atoms with Crippen molar-refractivity contribution in [1.29, 1.82) is 0 Å². The lowest BCUT2D eigenvalue weighted by atomic mass is 9.87. The molecule has 2 atom stereocenters. The normalized spacial score (nSPS) is 22.9. The highest BCUT2D eigenvalue weighted by Gasteiger charge is 2.42. The second-order valence-electron chi connectivity index (χ2n) is 8.77. The van der Waals surface area contributed by atoms with Crippen LogP contribution in [-0.2, 0) is 0 Å². The van der Waals surface area contributed by atoms with E-state index in [-0.39, 0.29) is 11.6 Å². The van der Waals surface area contributed by atoms with Crippen LogP contribution >= 0.6 is 0 Å². The van der Waals surface area contributed by atoms with E-state index < -0.39 is 0 Å². The number of fused-ring (bicyclic) bond motifs is 3. The molecule has 0 amide bonds. The standard InChI is InChI=1S/C25H27FN2O4/c1-15(29)16-3-8-22(24(13-16)30-2)31-10-9-28-19-5-6-20(28)12-17(11-19)25-21-7-4-18(26)14-23(21)32-27-25/h3-4,7-8,13-14,17,19-20H,5-6,9-12H2,1-2H3. The van der Waals surface area contributed by atoms with Gasteiger partial charge >= 0.3 is 0 Å². The van der Waals surface area contributed by atoms with E-state index in [4.69, 9.17) is 14.0 Å². The molecule has 3 aromatic rings. The first-order valence-electron chi connectivity index (χ1n) is 11.2. The molecular formula is C25H27FN2O4. The van der Waals surface area contributed by atoms with Crippen molar-refractivity contribution in [1.82, 2.24) is 10.1 Å². The van der Waals surface area contributed by atoms with Crippen LogP contribution in [0, 0.1) is 5.82 Å². The number of halogens is 1. The summed E-state index contributed by atoms with van der Waals surface area (Å²) in [6, 6.07) is 10.9. The molecule has 6 nitrogen and oxygen atoms in total. The summed E-state index contributed by atoms with van der Waals surface area (Å²) in [6.45, 7) is 2.93. The molecular weight excluding hydrogens is 411 g/mol. The molecule has 5 rings (SSSR count). The molecule has 0 spiro atoms. The Morgan fingerprint density at radius 1 is 1.16 bits per heavy atom. The number of rotatable bonds is 7. The molecule has 2 fully saturated rings. The molecule has 2 aliphatic heterocycles. The predicted octanol–water partition coefficient (Wildman–Crippen LogP) is 4.97. The maximum Gasteiger partial charge on any atom is 0.170 e. The van der Waals surface area contributed by atoms with Gasteiger partial charge in [0.2, 0.25) is 0 Å². The molecule has 0 N–H and O–H groups in total. The van der Waals surface area contributed by atoms with Crippen LogP contribution < -0.4 is 9.47 Å². The monoisotopic (exact) mass is 438 g/mol. The van der Waals surface area contributed by atoms with Crippen molar-refractivity contribution < 1.29 is 23.2 Å². The Morgan fingerprint density at radius 2 is 1.94 bits per heavy atom. The third-order valence-corrected chi connectivity index (χ3v) is 6.91. The number of aromatic nitrogens is 1. The average molecular weight is 438 g/mol. The zero-order chi connectivity index (χ0) is 22.2. The topological polar surface area (TPSA) is 64.8 Å². The lowest BCUT2D eigenvalue weighted by Crippen LogP contribution is -2.44. The summed E-state index contributed by atoms with van der Waals surface area (Å²) in [7, 11) is 1.58. The van der Waals surface area contributed by atoms with E-state index in [1.54, 1.807) is 31.4 Å². The fourth-order valence-corrected chi connectivity index (χ4v) is 5.35. The second kappa shape index (κ2) is 8.54. The smallest absolute Gasteiger partial charge is 0.170 e. The summed E-state index contributed by atoms with van der Waals surface area (Å²) < 4.78 is 30.3. The Kier molecular flexibility index (Phi) is 5.59. The van der Waals surface area contributed by atoms with E-state index in [1.807, 2.05) is 0 Å². The molecule has 2 aliphatic rings. The van der Waals surface area contributed by atoms with Crippen LogP contribution in [0.1, 0.15) is 54.6 Å². The minimum absolute atomic E-state index is 0.000628. The van der Waals surface area contributed by atoms with Crippen molar-refractivity contribution in [2.45, 2.75) is 50.6 Å². The molecule has 168 valence electrons. The maximum absolute atomic E-state index is 13.5. The van der Waals surface area contributed by atoms with E-state index >= 15 is 0 Å². The molecule has 3 heterocycles. The summed E-state index contributed by atoms with van der Waals surface area (Å²) in [4.78, 5) is 14.1. The van der Waals surface area contributed by atoms with Crippen molar-refractivity contribution in [3.8, 4) is 11.5 Å². The molecule has 2 aromatic carbocycles. The first kappa shape index (κ1) is 20.9. The van der Waals surface area contributed by atoms with Gasteiger partial charge < -0.3 is 14.0 Å². The van der Waals surface area contributed by atoms with Gasteiger partial charge in [-0.2, -0.15) is 0 Å². The summed E-state index contributed by atoms with van der Waals surface area (Å²) >= 11 is 0. The zero-order valence-electron chi connectivity index (χ0n) is 18.3. The highest BCUT2D eigenvalue weighted by molar-refractivity contribution is 5.94. The van der Waals surface area contributed by atoms with E-state index in [9.17, 15) is 9.18 Å². The summed E-state index contributed by atoms with van der Waals surface area (Å²) in [5, 5.41) is 5.22. The van der Waals surface area contributed by atoms with Crippen molar-refractivity contribution >= 4 is 16.8 Å². The minimum atomic E-state index is -0.303. The van der Waals surface area contributed by atoms with Crippen LogP contribution in [0.5, 0.6) is 11.5 Å². The molecule has 7 heteroatoms. The van der Waals surface area contributed by atoms with Crippen LogP contribution in [0.3, 0.4) is 0 Å². The molecule has 2 bridgehead atoms. The third kappa shape index (κ3) is 3.86. The van der Waals surface area contributed by atoms with Crippen molar-refractivity contribution in [2.24, 2.45) is 0 Å². The third-order valence-electron chi connectivity index (χ3n) is 6.91. The van der Waals surface area contributed by atoms with Gasteiger partial charge in [-0.3, -0.25) is 9.69 Å². The van der Waals surface area contributed by atoms with Gasteiger partial charge in [-0.25, -0.2) is 4.39 Å². The lowest BCUT2D eigenvalue weighted by Gasteiger charge is -2.38. The summed E-state index contributed by atoms with van der Waals surface area (Å²) in [6.07, 6.45) is 4.38. The number of piperidine rings is 1. The Morgan fingerprint density at radius 3 is 2.66 bits per heavy atom. The first-order valence-corrected chi connectivity index (χ1v) is 11.2. The van der Waals surface area contributed by atoms with Crippen LogP contribution in [0.4, 0.5) is 4.39 Å². The SMILES string of the molecule is COc1cc(C(C)=O)ccc1OCCN1C2CCC1CC(c1noc3cc(F)ccc13)C2. The number of nitrogens with zero attached hydrogens (tertiary/aromatic N) is 2. The van der Waals surface area contributed by atoms with Gasteiger partial charge in [0.05, 0.1) is 12.8 Å². The maximum atomic E-state index is 13.5. The second-order valence-corrected chi connectivity index (χ2v) is 8.77. The summed E-state index contributed by atoms with van der Waals surface area (Å²) in [5.41, 5.74) is 2.09. The molecule has 32 heavy (non-hydrogen) atoms. The predicted molar refractivity (Wildman–Crippen MR) is 118 cm³/mol. The van der Waals surface area contributed by atoms with Gasteiger partial charge in [0.1, 0.15) is 12.4 Å². The van der Waals surface area contributed by atoms with Gasteiger partial charge in [-0.05, 0) is 62.9 Å². The first-order chi connectivity index (χ1) is 15.5.